The Labute approximate surface area is 207 Å². The molecule has 0 saturated carbocycles. The molecule has 3 rings (SSSR count). The summed E-state index contributed by atoms with van der Waals surface area (Å²) in [6, 6.07) is 5.44. The molecule has 0 saturated heterocycles. The molecule has 2 heterocycles. The van der Waals surface area contributed by atoms with E-state index in [0.717, 1.165) is 47.5 Å². The second-order valence-electron chi connectivity index (χ2n) is 8.42. The summed E-state index contributed by atoms with van der Waals surface area (Å²) in [5.74, 6) is 1.72. The van der Waals surface area contributed by atoms with Crippen molar-refractivity contribution in [2.75, 3.05) is 45.8 Å². The lowest BCUT2D eigenvalue weighted by atomic mass is 10.00. The van der Waals surface area contributed by atoms with Gasteiger partial charge in [-0.25, -0.2) is 9.67 Å². The van der Waals surface area contributed by atoms with Crippen molar-refractivity contribution in [3.63, 3.8) is 0 Å². The first-order valence-electron chi connectivity index (χ1n) is 12.0. The number of carbonyl (C=O) groups excluding carboxylic acids is 1. The van der Waals surface area contributed by atoms with Gasteiger partial charge in [0.1, 0.15) is 6.61 Å². The van der Waals surface area contributed by atoms with Crippen LogP contribution in [0.15, 0.2) is 18.2 Å². The summed E-state index contributed by atoms with van der Waals surface area (Å²) in [5.41, 5.74) is 4.41. The lowest BCUT2D eigenvalue weighted by Crippen LogP contribution is -2.28. The minimum Gasteiger partial charge on any atom is -0.493 e. The average Bonchev–Trinajstić information content (AvgIpc) is 3.17. The van der Waals surface area contributed by atoms with Gasteiger partial charge < -0.3 is 24.4 Å². The molecule has 0 fully saturated rings. The van der Waals surface area contributed by atoms with Crippen LogP contribution in [0.1, 0.15) is 37.1 Å². The van der Waals surface area contributed by atoms with Gasteiger partial charge >= 0.3 is 0 Å². The lowest BCUT2D eigenvalue weighted by molar-refractivity contribution is -0.116. The smallest absolute Gasteiger partial charge is 0.242 e. The minimum atomic E-state index is -0.0821. The minimum absolute atomic E-state index is 0.0821. The molecule has 0 aliphatic carbocycles. The Bertz CT molecular complexity index is 1170. The van der Waals surface area contributed by atoms with Crippen LogP contribution in [-0.2, 0) is 18.3 Å². The molecule has 0 radical (unpaired) electrons. The monoisotopic (exact) mass is 483 g/mol. The Morgan fingerprint density at radius 1 is 1.11 bits per heavy atom. The molecule has 0 aliphatic rings. The molecule has 35 heavy (non-hydrogen) atoms. The molecule has 2 aromatic heterocycles. The summed E-state index contributed by atoms with van der Waals surface area (Å²) in [6.07, 6.45) is 0.884. The molecule has 0 aliphatic heterocycles. The number of likely N-dealkylation sites (N-methyl/N-ethyl adjacent to an activating group) is 1. The first-order valence-corrected chi connectivity index (χ1v) is 12.0. The number of nitrogens with zero attached hydrogens (tertiary/aromatic N) is 4. The van der Waals surface area contributed by atoms with Gasteiger partial charge in [0.15, 0.2) is 17.1 Å². The van der Waals surface area contributed by atoms with Gasteiger partial charge in [-0.05, 0) is 56.6 Å². The zero-order chi connectivity index (χ0) is 25.5. The topological polar surface area (TPSA) is 90.7 Å². The summed E-state index contributed by atoms with van der Waals surface area (Å²) in [5, 5.41) is 8.26. The van der Waals surface area contributed by atoms with E-state index in [2.05, 4.69) is 29.2 Å². The van der Waals surface area contributed by atoms with Gasteiger partial charge in [-0.1, -0.05) is 13.8 Å². The van der Waals surface area contributed by atoms with E-state index < -0.39 is 0 Å². The van der Waals surface area contributed by atoms with E-state index in [1.54, 1.807) is 18.9 Å². The third kappa shape index (κ3) is 6.03. The second kappa shape index (κ2) is 11.9. The number of anilines is 1. The zero-order valence-corrected chi connectivity index (χ0v) is 21.9. The van der Waals surface area contributed by atoms with E-state index in [4.69, 9.17) is 19.2 Å². The van der Waals surface area contributed by atoms with Crippen LogP contribution in [0.4, 0.5) is 5.69 Å². The molecule has 1 amide bonds. The highest BCUT2D eigenvalue weighted by molar-refractivity contribution is 5.91. The van der Waals surface area contributed by atoms with Gasteiger partial charge in [0.25, 0.3) is 0 Å². The summed E-state index contributed by atoms with van der Waals surface area (Å²) in [7, 11) is 5.06. The molecule has 0 bridgehead atoms. The van der Waals surface area contributed by atoms with Crippen LogP contribution in [0.3, 0.4) is 0 Å². The summed E-state index contributed by atoms with van der Waals surface area (Å²) < 4.78 is 18.5. The van der Waals surface area contributed by atoms with E-state index in [1.165, 1.54) is 0 Å². The van der Waals surface area contributed by atoms with Crippen LogP contribution in [0.2, 0.25) is 0 Å². The van der Waals surface area contributed by atoms with Crippen LogP contribution in [0.5, 0.6) is 17.4 Å². The quantitative estimate of drug-likeness (QED) is 0.418. The number of hydrogen-bond acceptors (Lipinski definition) is 7. The maximum Gasteiger partial charge on any atom is 0.242 e. The highest BCUT2D eigenvalue weighted by atomic mass is 16.5. The third-order valence-corrected chi connectivity index (χ3v) is 6.33. The highest BCUT2D eigenvalue weighted by Gasteiger charge is 2.18. The highest BCUT2D eigenvalue weighted by Crippen LogP contribution is 2.32. The van der Waals surface area contributed by atoms with E-state index in [-0.39, 0.29) is 5.91 Å². The summed E-state index contributed by atoms with van der Waals surface area (Å²) in [6.45, 7) is 11.6. The van der Waals surface area contributed by atoms with Crippen molar-refractivity contribution in [1.29, 1.82) is 0 Å². The third-order valence-electron chi connectivity index (χ3n) is 6.33. The number of amides is 1. The van der Waals surface area contributed by atoms with Gasteiger partial charge in [-0.15, -0.1) is 5.10 Å². The van der Waals surface area contributed by atoms with E-state index in [9.17, 15) is 4.79 Å². The van der Waals surface area contributed by atoms with Crippen molar-refractivity contribution in [3.05, 3.63) is 35.0 Å². The fraction of sp³-hybridized carbons (Fsp3) is 0.500. The molecule has 0 atom stereocenters. The van der Waals surface area contributed by atoms with Gasteiger partial charge in [0, 0.05) is 37.5 Å². The van der Waals surface area contributed by atoms with Gasteiger partial charge in [0.05, 0.1) is 19.6 Å². The van der Waals surface area contributed by atoms with Crippen molar-refractivity contribution in [2.24, 2.45) is 7.05 Å². The van der Waals surface area contributed by atoms with Crippen molar-refractivity contribution >= 4 is 22.6 Å². The Morgan fingerprint density at radius 2 is 1.86 bits per heavy atom. The first-order chi connectivity index (χ1) is 16.8. The Kier molecular flexibility index (Phi) is 8.92. The summed E-state index contributed by atoms with van der Waals surface area (Å²) >= 11 is 0. The number of pyridine rings is 1. The molecule has 9 nitrogen and oxygen atoms in total. The van der Waals surface area contributed by atoms with Crippen LogP contribution in [0, 0.1) is 13.8 Å². The van der Waals surface area contributed by atoms with Crippen molar-refractivity contribution in [3.8, 4) is 17.4 Å². The number of fused-ring (bicyclic) bond motifs is 1. The van der Waals surface area contributed by atoms with Gasteiger partial charge in [0.2, 0.25) is 11.8 Å². The molecule has 3 aromatic rings. The molecule has 1 N–H and O–H groups in total. The van der Waals surface area contributed by atoms with Crippen LogP contribution in [0.25, 0.3) is 11.0 Å². The van der Waals surface area contributed by atoms with Gasteiger partial charge in [-0.2, -0.15) is 0 Å². The normalized spacial score (nSPS) is 11.2. The Hall–Kier alpha value is -3.33. The van der Waals surface area contributed by atoms with Crippen molar-refractivity contribution < 1.29 is 19.0 Å². The summed E-state index contributed by atoms with van der Waals surface area (Å²) in [4.78, 5) is 19.8. The molecule has 1 aromatic carbocycles. The first kappa shape index (κ1) is 26.3. The number of ether oxygens (including phenoxy) is 3. The van der Waals surface area contributed by atoms with Gasteiger partial charge in [-0.3, -0.25) is 4.79 Å². The fourth-order valence-corrected chi connectivity index (χ4v) is 4.26. The molecular weight excluding hydrogens is 446 g/mol. The molecule has 0 spiro atoms. The SMILES string of the molecule is CCN(CC)CCOc1cc(NC(=O)CCc2c(C)nc3c(c(OC)nn3C)c2C)ccc1OC. The number of rotatable bonds is 12. The molecule has 0 unspecified atom stereocenters. The van der Waals surface area contributed by atoms with Crippen molar-refractivity contribution in [1.82, 2.24) is 19.7 Å². The number of benzene rings is 1. The largest absolute Gasteiger partial charge is 0.493 e. The maximum absolute atomic E-state index is 12.8. The van der Waals surface area contributed by atoms with Crippen LogP contribution < -0.4 is 19.5 Å². The number of methoxy groups -OCH3 is 2. The maximum atomic E-state index is 12.8. The molecular formula is C26H37N5O4. The number of nitrogens with one attached hydrogen (secondary N) is 1. The van der Waals surface area contributed by atoms with Crippen LogP contribution >= 0.6 is 0 Å². The van der Waals surface area contributed by atoms with Crippen molar-refractivity contribution in [2.45, 2.75) is 40.5 Å². The zero-order valence-electron chi connectivity index (χ0n) is 21.9. The number of aryl methyl sites for hydroxylation is 3. The number of carbonyl (C=O) groups is 1. The average molecular weight is 484 g/mol. The fourth-order valence-electron chi connectivity index (χ4n) is 4.26. The van der Waals surface area contributed by atoms with E-state index in [1.807, 2.05) is 39.1 Å². The van der Waals surface area contributed by atoms with E-state index >= 15 is 0 Å². The Balaban J connectivity index is 1.68. The predicted molar refractivity (Wildman–Crippen MR) is 138 cm³/mol. The van der Waals surface area contributed by atoms with Crippen LogP contribution in [-0.4, -0.2) is 66.0 Å². The standard InChI is InChI=1S/C26H37N5O4/c1-8-31(9-2)14-15-35-22-16-19(10-12-21(22)33-6)28-23(32)13-11-20-17(3)24-25(27-18(20)4)30(5)29-26(24)34-7/h10,12,16H,8-9,11,13-15H2,1-7H3,(H,28,32). The molecule has 9 heteroatoms. The molecule has 190 valence electrons. The number of hydrogen-bond donors (Lipinski definition) is 1. The van der Waals surface area contributed by atoms with E-state index in [0.29, 0.717) is 42.5 Å². The second-order valence-corrected chi connectivity index (χ2v) is 8.42. The predicted octanol–water partition coefficient (Wildman–Crippen LogP) is 3.89. The Morgan fingerprint density at radius 3 is 2.51 bits per heavy atom. The number of aromatic nitrogens is 3. The lowest BCUT2D eigenvalue weighted by Gasteiger charge is -2.19.